The van der Waals surface area contributed by atoms with Gasteiger partial charge < -0.3 is 9.47 Å². The van der Waals surface area contributed by atoms with Crippen LogP contribution in [0.5, 0.6) is 11.5 Å². The van der Waals surface area contributed by atoms with Crippen molar-refractivity contribution in [2.75, 3.05) is 13.7 Å². The van der Waals surface area contributed by atoms with Crippen LogP contribution in [0.2, 0.25) is 5.02 Å². The molecule has 1 radical (unpaired) electrons. The molecule has 0 spiro atoms. The minimum atomic E-state index is -0.0308. The Balaban J connectivity index is 0.00000392. The first-order chi connectivity index (χ1) is 13.1. The summed E-state index contributed by atoms with van der Waals surface area (Å²) in [7, 11) is 1.53. The number of rotatable bonds is 11. The molecule has 0 aliphatic heterocycles. The average Bonchev–Trinajstić information content (AvgIpc) is 2.68. The van der Waals surface area contributed by atoms with Gasteiger partial charge in [-0.15, -0.1) is 0 Å². The molecule has 0 aromatic heterocycles. The molecule has 2 atom stereocenters. The van der Waals surface area contributed by atoms with Gasteiger partial charge in [-0.1, -0.05) is 62.9 Å². The Morgan fingerprint density at radius 1 is 1.14 bits per heavy atom. The summed E-state index contributed by atoms with van der Waals surface area (Å²) in [6.45, 7) is 5.17. The molecule has 6 heteroatoms. The maximum atomic E-state index is 12.7. The molecule has 0 heterocycles. The number of hydrogen-bond acceptors (Lipinski definition) is 3. The van der Waals surface area contributed by atoms with Crippen LogP contribution in [0, 0.1) is 5.92 Å². The monoisotopic (exact) mass is 413 g/mol. The zero-order valence-electron chi connectivity index (χ0n) is 17.3. The molecule has 3 nitrogen and oxygen atoms in total. The number of benzene rings is 2. The van der Waals surface area contributed by atoms with Gasteiger partial charge in [0.05, 0.1) is 24.3 Å². The van der Waals surface area contributed by atoms with Gasteiger partial charge in [0.25, 0.3) is 0 Å². The van der Waals surface area contributed by atoms with Gasteiger partial charge in [0, 0.05) is 18.9 Å². The first-order valence-corrected chi connectivity index (χ1v) is 10.8. The molecule has 2 unspecified atom stereocenters. The average molecular weight is 414 g/mol. The molecule has 28 heavy (non-hydrogen) atoms. The van der Waals surface area contributed by atoms with E-state index in [0.29, 0.717) is 22.3 Å². The van der Waals surface area contributed by atoms with Crippen LogP contribution in [0.3, 0.4) is 0 Å². The second kappa shape index (κ2) is 13.3. The molecule has 0 saturated carbocycles. The molecule has 0 N–H and O–H groups in total. The molecule has 0 aliphatic carbocycles. The van der Waals surface area contributed by atoms with E-state index in [0.717, 1.165) is 24.1 Å². The van der Waals surface area contributed by atoms with Crippen LogP contribution < -0.4 is 14.8 Å². The number of unbranched alkanes of at least 4 members (excludes halogenated alkanes) is 1. The van der Waals surface area contributed by atoms with Crippen molar-refractivity contribution in [3.05, 3.63) is 53.1 Å². The standard InChI is InChI=1S/C22H28ClO3P.Li/c1-4-6-8-16(5-2)15-26-17-11-13-18(14-12-17)27-22(24)21-19(23)9-7-10-20(21)25-3;/h7,9-14,16,27H,4-6,8,15H2,1-3H3;. The second-order valence-corrected chi connectivity index (χ2v) is 8.21. The molecule has 0 aliphatic rings. The predicted molar refractivity (Wildman–Crippen MR) is 121 cm³/mol. The van der Waals surface area contributed by atoms with Crippen molar-refractivity contribution >= 4 is 49.9 Å². The number of methoxy groups -OCH3 is 1. The summed E-state index contributed by atoms with van der Waals surface area (Å²) >= 11 is 6.20. The molecule has 0 saturated heterocycles. The predicted octanol–water partition coefficient (Wildman–Crippen LogP) is 5.71. The number of carbonyl (C=O) groups is 1. The van der Waals surface area contributed by atoms with Crippen LogP contribution in [-0.2, 0) is 0 Å². The van der Waals surface area contributed by atoms with Gasteiger partial charge in [-0.25, -0.2) is 0 Å². The Morgan fingerprint density at radius 3 is 2.46 bits per heavy atom. The van der Waals surface area contributed by atoms with Crippen molar-refractivity contribution < 1.29 is 14.3 Å². The fourth-order valence-corrected chi connectivity index (χ4v) is 4.14. The Hall–Kier alpha value is -0.973. The third kappa shape index (κ3) is 7.45. The summed E-state index contributed by atoms with van der Waals surface area (Å²) in [5, 5.41) is 1.37. The van der Waals surface area contributed by atoms with Crippen LogP contribution in [0.1, 0.15) is 49.9 Å². The Labute approximate surface area is 187 Å². The summed E-state index contributed by atoms with van der Waals surface area (Å²) < 4.78 is 11.2. The largest absolute Gasteiger partial charge is 0.496 e. The van der Waals surface area contributed by atoms with E-state index < -0.39 is 0 Å². The summed E-state index contributed by atoms with van der Waals surface area (Å²) in [6, 6.07) is 13.0. The zero-order valence-corrected chi connectivity index (χ0v) is 19.0. The van der Waals surface area contributed by atoms with E-state index in [4.69, 9.17) is 21.1 Å². The molecular formula is C22H28ClLiO3P. The Kier molecular flexibility index (Phi) is 11.9. The first kappa shape index (κ1) is 25.1. The van der Waals surface area contributed by atoms with Crippen molar-refractivity contribution in [2.24, 2.45) is 5.92 Å². The molecule has 0 fully saturated rings. The van der Waals surface area contributed by atoms with E-state index in [1.807, 2.05) is 24.3 Å². The van der Waals surface area contributed by atoms with Gasteiger partial charge in [-0.2, -0.15) is 0 Å². The summed E-state index contributed by atoms with van der Waals surface area (Å²) in [5.41, 5.74) is 0.416. The third-order valence-electron chi connectivity index (χ3n) is 4.56. The van der Waals surface area contributed by atoms with Gasteiger partial charge >= 0.3 is 0 Å². The van der Waals surface area contributed by atoms with E-state index >= 15 is 0 Å². The number of halogens is 1. The fourth-order valence-electron chi connectivity index (χ4n) is 2.84. The summed E-state index contributed by atoms with van der Waals surface area (Å²) in [4.78, 5) is 12.7. The van der Waals surface area contributed by atoms with Crippen molar-refractivity contribution in [2.45, 2.75) is 39.5 Å². The quantitative estimate of drug-likeness (QED) is 0.350. The van der Waals surface area contributed by atoms with Gasteiger partial charge in [-0.05, 0) is 50.5 Å². The number of hydrogen-bond donors (Lipinski definition) is 0. The van der Waals surface area contributed by atoms with Crippen molar-refractivity contribution in [1.82, 2.24) is 0 Å². The normalized spacial score (nSPS) is 11.9. The van der Waals surface area contributed by atoms with E-state index in [1.165, 1.54) is 19.3 Å². The Bertz CT molecular complexity index is 737. The fraction of sp³-hybridized carbons (Fsp3) is 0.409. The second-order valence-electron chi connectivity index (χ2n) is 6.52. The number of carbonyl (C=O) groups excluding carboxylic acids is 1. The maximum Gasteiger partial charge on any atom is 0.190 e. The van der Waals surface area contributed by atoms with Crippen LogP contribution in [0.4, 0.5) is 0 Å². The summed E-state index contributed by atoms with van der Waals surface area (Å²) in [5.74, 6) is 1.96. The SMILES string of the molecule is CCCCC(CC)COc1ccc(PC(=O)c2c(Cl)cccc2OC)cc1.[Li]. The Morgan fingerprint density at radius 2 is 1.86 bits per heavy atom. The smallest absolute Gasteiger partial charge is 0.190 e. The first-order valence-electron chi connectivity index (χ1n) is 9.45. The molecular weight excluding hydrogens is 386 g/mol. The molecule has 147 valence electrons. The van der Waals surface area contributed by atoms with Gasteiger partial charge in [0.1, 0.15) is 11.5 Å². The molecule has 2 aromatic carbocycles. The van der Waals surface area contributed by atoms with Gasteiger partial charge in [-0.3, -0.25) is 4.79 Å². The van der Waals surface area contributed by atoms with Crippen LogP contribution >= 0.6 is 20.2 Å². The molecule has 2 aromatic rings. The van der Waals surface area contributed by atoms with E-state index in [9.17, 15) is 4.79 Å². The van der Waals surface area contributed by atoms with Gasteiger partial charge in [0.15, 0.2) is 5.52 Å². The molecule has 0 bridgehead atoms. The van der Waals surface area contributed by atoms with Crippen molar-refractivity contribution in [3.8, 4) is 11.5 Å². The van der Waals surface area contributed by atoms with E-state index in [2.05, 4.69) is 13.8 Å². The van der Waals surface area contributed by atoms with Crippen LogP contribution in [0.15, 0.2) is 42.5 Å². The molecule has 2 rings (SSSR count). The van der Waals surface area contributed by atoms with E-state index in [-0.39, 0.29) is 33.0 Å². The van der Waals surface area contributed by atoms with Gasteiger partial charge in [0.2, 0.25) is 0 Å². The van der Waals surface area contributed by atoms with Crippen molar-refractivity contribution in [3.63, 3.8) is 0 Å². The minimum Gasteiger partial charge on any atom is -0.496 e. The molecule has 0 amide bonds. The topological polar surface area (TPSA) is 35.5 Å². The summed E-state index contributed by atoms with van der Waals surface area (Å²) in [6.07, 6.45) is 4.81. The van der Waals surface area contributed by atoms with Crippen LogP contribution in [0.25, 0.3) is 0 Å². The zero-order chi connectivity index (χ0) is 19.6. The van der Waals surface area contributed by atoms with Crippen molar-refractivity contribution in [1.29, 1.82) is 0 Å². The minimum absolute atomic E-state index is 0. The number of ether oxygens (including phenoxy) is 2. The van der Waals surface area contributed by atoms with Crippen LogP contribution in [-0.4, -0.2) is 38.1 Å². The third-order valence-corrected chi connectivity index (χ3v) is 5.98. The maximum absolute atomic E-state index is 12.7. The van der Waals surface area contributed by atoms with E-state index in [1.54, 1.807) is 25.3 Å².